The molecule has 102 valence electrons. The summed E-state index contributed by atoms with van der Waals surface area (Å²) < 4.78 is 0. The number of hydrogen-bond donors (Lipinski definition) is 1. The zero-order valence-corrected chi connectivity index (χ0v) is 12.0. The van der Waals surface area contributed by atoms with E-state index in [9.17, 15) is 4.79 Å². The van der Waals surface area contributed by atoms with Gasteiger partial charge in [-0.05, 0) is 25.1 Å². The van der Waals surface area contributed by atoms with Crippen molar-refractivity contribution in [3.8, 4) is 6.07 Å². The number of nitriles is 1. The van der Waals surface area contributed by atoms with Crippen molar-refractivity contribution >= 4 is 22.9 Å². The first-order valence-electron chi connectivity index (χ1n) is 6.02. The van der Waals surface area contributed by atoms with E-state index in [1.54, 1.807) is 36.7 Å². The monoisotopic (exact) mass is 286 g/mol. The second kappa shape index (κ2) is 5.82. The molecule has 6 heteroatoms. The molecule has 1 amide bonds. The number of carbonyl (C=O) groups excluding carboxylic acids is 1. The Balaban J connectivity index is 2.25. The van der Waals surface area contributed by atoms with Crippen molar-refractivity contribution in [1.29, 1.82) is 5.26 Å². The van der Waals surface area contributed by atoms with Crippen LogP contribution in [0.2, 0.25) is 0 Å². The molecule has 1 heterocycles. The van der Waals surface area contributed by atoms with Crippen LogP contribution in [0.15, 0.2) is 29.6 Å². The van der Waals surface area contributed by atoms with Crippen molar-refractivity contribution in [3.63, 3.8) is 0 Å². The van der Waals surface area contributed by atoms with Gasteiger partial charge in [-0.15, -0.1) is 11.3 Å². The molecule has 0 aliphatic heterocycles. The van der Waals surface area contributed by atoms with Gasteiger partial charge >= 0.3 is 0 Å². The Labute approximate surface area is 121 Å². The van der Waals surface area contributed by atoms with Crippen LogP contribution in [-0.2, 0) is 0 Å². The minimum Gasteiger partial charge on any atom is -0.322 e. The molecular weight excluding hydrogens is 272 g/mol. The lowest BCUT2D eigenvalue weighted by Crippen LogP contribution is -2.26. The molecule has 0 saturated heterocycles. The summed E-state index contributed by atoms with van der Waals surface area (Å²) in [5.41, 5.74) is 7.27. The highest BCUT2D eigenvalue weighted by molar-refractivity contribution is 7.09. The molecule has 0 radical (unpaired) electrons. The molecule has 1 atom stereocenters. The van der Waals surface area contributed by atoms with Crippen molar-refractivity contribution in [2.24, 2.45) is 5.73 Å². The van der Waals surface area contributed by atoms with E-state index in [1.807, 2.05) is 6.92 Å². The molecule has 2 aromatic rings. The Kier molecular flexibility index (Phi) is 4.13. The second-order valence-electron chi connectivity index (χ2n) is 4.39. The van der Waals surface area contributed by atoms with Crippen molar-refractivity contribution < 1.29 is 4.79 Å². The summed E-state index contributed by atoms with van der Waals surface area (Å²) in [4.78, 5) is 18.0. The lowest BCUT2D eigenvalue weighted by atomic mass is 10.2. The van der Waals surface area contributed by atoms with Gasteiger partial charge in [-0.3, -0.25) is 4.79 Å². The average Bonchev–Trinajstić information content (AvgIpc) is 2.95. The minimum absolute atomic E-state index is 0.186. The van der Waals surface area contributed by atoms with Crippen LogP contribution in [0.3, 0.4) is 0 Å². The molecule has 0 fully saturated rings. The van der Waals surface area contributed by atoms with Gasteiger partial charge in [0.25, 0.3) is 5.91 Å². The van der Waals surface area contributed by atoms with E-state index in [1.165, 1.54) is 16.2 Å². The van der Waals surface area contributed by atoms with Crippen LogP contribution in [0.5, 0.6) is 0 Å². The molecule has 1 unspecified atom stereocenters. The Morgan fingerprint density at radius 1 is 1.55 bits per heavy atom. The molecule has 1 aromatic carbocycles. The quantitative estimate of drug-likeness (QED) is 0.938. The fourth-order valence-corrected chi connectivity index (χ4v) is 2.42. The average molecular weight is 286 g/mol. The fraction of sp³-hybridized carbons (Fsp3) is 0.214. The van der Waals surface area contributed by atoms with Crippen molar-refractivity contribution in [3.05, 3.63) is 45.9 Å². The highest BCUT2D eigenvalue weighted by Crippen LogP contribution is 2.20. The summed E-state index contributed by atoms with van der Waals surface area (Å²) in [6.45, 7) is 1.83. The molecule has 0 spiro atoms. The first-order chi connectivity index (χ1) is 9.52. The predicted molar refractivity (Wildman–Crippen MR) is 78.6 cm³/mol. The maximum atomic E-state index is 12.3. The normalized spacial score (nSPS) is 11.7. The Morgan fingerprint density at radius 3 is 2.90 bits per heavy atom. The number of carbonyl (C=O) groups is 1. The van der Waals surface area contributed by atoms with Gasteiger partial charge in [-0.1, -0.05) is 6.07 Å². The Hall–Kier alpha value is -2.23. The number of nitrogens with two attached hydrogens (primary N) is 1. The molecule has 5 nitrogen and oxygen atoms in total. The largest absolute Gasteiger partial charge is 0.322 e. The number of aromatic nitrogens is 1. The van der Waals surface area contributed by atoms with Crippen LogP contribution in [0, 0.1) is 11.3 Å². The lowest BCUT2D eigenvalue weighted by Gasteiger charge is -2.16. The molecule has 0 aliphatic rings. The zero-order valence-electron chi connectivity index (χ0n) is 11.2. The third kappa shape index (κ3) is 2.85. The van der Waals surface area contributed by atoms with Crippen LogP contribution in [0.25, 0.3) is 0 Å². The van der Waals surface area contributed by atoms with Gasteiger partial charge < -0.3 is 10.6 Å². The van der Waals surface area contributed by atoms with Crippen LogP contribution in [0.1, 0.15) is 34.0 Å². The number of nitrogens with zero attached hydrogens (tertiary/aromatic N) is 3. The number of amides is 1. The molecule has 0 bridgehead atoms. The number of benzene rings is 1. The predicted octanol–water partition coefficient (Wildman–Crippen LogP) is 2.31. The summed E-state index contributed by atoms with van der Waals surface area (Å²) in [6.07, 6.45) is 0. The second-order valence-corrected chi connectivity index (χ2v) is 5.28. The van der Waals surface area contributed by atoms with Gasteiger partial charge in [-0.2, -0.15) is 5.26 Å². The van der Waals surface area contributed by atoms with E-state index < -0.39 is 0 Å². The minimum atomic E-state index is -0.219. The van der Waals surface area contributed by atoms with E-state index in [2.05, 4.69) is 11.1 Å². The van der Waals surface area contributed by atoms with Gasteiger partial charge in [0.1, 0.15) is 10.7 Å². The standard InChI is InChI=1S/C14H14N4OS/c1-9(16)13-17-12(8-20-13)14(19)18(2)11-5-3-4-10(6-11)7-15/h3-6,8-9H,16H2,1-2H3. The van der Waals surface area contributed by atoms with Gasteiger partial charge in [0.2, 0.25) is 0 Å². The van der Waals surface area contributed by atoms with Gasteiger partial charge in [0, 0.05) is 18.1 Å². The van der Waals surface area contributed by atoms with Crippen LogP contribution >= 0.6 is 11.3 Å². The topological polar surface area (TPSA) is 83.0 Å². The van der Waals surface area contributed by atoms with Gasteiger partial charge in [0.15, 0.2) is 0 Å². The van der Waals surface area contributed by atoms with Crippen LogP contribution < -0.4 is 10.6 Å². The van der Waals surface area contributed by atoms with Gasteiger partial charge in [0.05, 0.1) is 17.7 Å². The van der Waals surface area contributed by atoms with E-state index in [-0.39, 0.29) is 11.9 Å². The Bertz CT molecular complexity index is 672. The third-order valence-corrected chi connectivity index (χ3v) is 3.84. The summed E-state index contributed by atoms with van der Waals surface area (Å²) in [5, 5.41) is 11.3. The third-order valence-electron chi connectivity index (χ3n) is 2.80. The maximum Gasteiger partial charge on any atom is 0.277 e. The number of rotatable bonds is 3. The number of anilines is 1. The molecule has 2 N–H and O–H groups in total. The Morgan fingerprint density at radius 2 is 2.30 bits per heavy atom. The fourth-order valence-electron chi connectivity index (χ4n) is 1.67. The SMILES string of the molecule is CC(N)c1nc(C(=O)N(C)c2cccc(C#N)c2)cs1. The molecule has 0 saturated carbocycles. The van der Waals surface area contributed by atoms with Crippen molar-refractivity contribution in [2.75, 3.05) is 11.9 Å². The van der Waals surface area contributed by atoms with Crippen molar-refractivity contribution in [2.45, 2.75) is 13.0 Å². The van der Waals surface area contributed by atoms with Crippen LogP contribution in [0.4, 0.5) is 5.69 Å². The molecule has 2 rings (SSSR count). The lowest BCUT2D eigenvalue weighted by molar-refractivity contribution is 0.0988. The van der Waals surface area contributed by atoms with E-state index in [4.69, 9.17) is 11.0 Å². The van der Waals surface area contributed by atoms with Gasteiger partial charge in [-0.25, -0.2) is 4.98 Å². The van der Waals surface area contributed by atoms with Crippen LogP contribution in [-0.4, -0.2) is 17.9 Å². The first-order valence-corrected chi connectivity index (χ1v) is 6.90. The number of hydrogen-bond acceptors (Lipinski definition) is 5. The van der Waals surface area contributed by atoms with E-state index >= 15 is 0 Å². The summed E-state index contributed by atoms with van der Waals surface area (Å²) in [7, 11) is 1.66. The molecular formula is C14H14N4OS. The van der Waals surface area contributed by atoms with E-state index in [0.717, 1.165) is 5.01 Å². The molecule has 20 heavy (non-hydrogen) atoms. The zero-order chi connectivity index (χ0) is 14.7. The smallest absolute Gasteiger partial charge is 0.277 e. The maximum absolute atomic E-state index is 12.3. The number of thiazole rings is 1. The summed E-state index contributed by atoms with van der Waals surface area (Å²) >= 11 is 1.37. The highest BCUT2D eigenvalue weighted by atomic mass is 32.1. The first kappa shape index (κ1) is 14.2. The summed E-state index contributed by atoms with van der Waals surface area (Å²) in [6, 6.07) is 8.74. The summed E-state index contributed by atoms with van der Waals surface area (Å²) in [5.74, 6) is -0.219. The highest BCUT2D eigenvalue weighted by Gasteiger charge is 2.18. The molecule has 1 aromatic heterocycles. The van der Waals surface area contributed by atoms with Crippen molar-refractivity contribution in [1.82, 2.24) is 4.98 Å². The van der Waals surface area contributed by atoms with E-state index in [0.29, 0.717) is 16.9 Å². The molecule has 0 aliphatic carbocycles.